The summed E-state index contributed by atoms with van der Waals surface area (Å²) in [5.41, 5.74) is 0.924. The fourth-order valence-corrected chi connectivity index (χ4v) is 1.93. The van der Waals surface area contributed by atoms with Crippen molar-refractivity contribution >= 4 is 17.3 Å². The standard InChI is InChI=1S/C10H10ClNO3/c1-15-10-3-2-6(7-5-8(7)11)4-9(10)12(13)14/h2-4,7-8H,5H2,1H3/t7-,8-/m1/s1. The van der Waals surface area contributed by atoms with Gasteiger partial charge >= 0.3 is 5.69 Å². The molecule has 1 aliphatic rings. The van der Waals surface area contributed by atoms with Gasteiger partial charge in [0.2, 0.25) is 0 Å². The molecule has 4 nitrogen and oxygen atoms in total. The molecule has 0 aliphatic heterocycles. The summed E-state index contributed by atoms with van der Waals surface area (Å²) >= 11 is 5.89. The maximum Gasteiger partial charge on any atom is 0.311 e. The summed E-state index contributed by atoms with van der Waals surface area (Å²) in [6, 6.07) is 5.00. The smallest absolute Gasteiger partial charge is 0.311 e. The highest BCUT2D eigenvalue weighted by atomic mass is 35.5. The molecular formula is C10H10ClNO3. The zero-order valence-electron chi connectivity index (χ0n) is 8.14. The predicted molar refractivity (Wildman–Crippen MR) is 56.6 cm³/mol. The average molecular weight is 228 g/mol. The molecule has 1 aromatic rings. The number of ether oxygens (including phenoxy) is 1. The Balaban J connectivity index is 2.36. The zero-order chi connectivity index (χ0) is 11.0. The van der Waals surface area contributed by atoms with Crippen molar-refractivity contribution < 1.29 is 9.66 Å². The van der Waals surface area contributed by atoms with Crippen LogP contribution >= 0.6 is 11.6 Å². The van der Waals surface area contributed by atoms with E-state index in [0.29, 0.717) is 0 Å². The molecule has 1 fully saturated rings. The predicted octanol–water partition coefficient (Wildman–Crippen LogP) is 2.70. The number of rotatable bonds is 3. The second kappa shape index (κ2) is 3.70. The molecule has 5 heteroatoms. The summed E-state index contributed by atoms with van der Waals surface area (Å²) < 4.78 is 4.91. The average Bonchev–Trinajstić information content (AvgIpc) is 2.94. The van der Waals surface area contributed by atoms with E-state index in [1.54, 1.807) is 12.1 Å². The summed E-state index contributed by atoms with van der Waals surface area (Å²) in [6.07, 6.45) is 0.894. The normalized spacial score (nSPS) is 23.6. The Morgan fingerprint density at radius 1 is 1.60 bits per heavy atom. The lowest BCUT2D eigenvalue weighted by Crippen LogP contribution is -1.95. The summed E-state index contributed by atoms with van der Waals surface area (Å²) in [4.78, 5) is 10.3. The Hall–Kier alpha value is -1.29. The topological polar surface area (TPSA) is 52.4 Å². The lowest BCUT2D eigenvalue weighted by atomic mass is 10.1. The van der Waals surface area contributed by atoms with Crippen molar-refractivity contribution in [2.75, 3.05) is 7.11 Å². The number of nitrogens with zero attached hydrogens (tertiary/aromatic N) is 1. The molecule has 1 aromatic carbocycles. The van der Waals surface area contributed by atoms with Crippen molar-refractivity contribution in [3.05, 3.63) is 33.9 Å². The first kappa shape index (κ1) is 10.2. The zero-order valence-corrected chi connectivity index (χ0v) is 8.90. The van der Waals surface area contributed by atoms with Crippen molar-refractivity contribution in [3.63, 3.8) is 0 Å². The van der Waals surface area contributed by atoms with E-state index in [4.69, 9.17) is 16.3 Å². The Kier molecular flexibility index (Phi) is 2.52. The van der Waals surface area contributed by atoms with Gasteiger partial charge in [-0.25, -0.2) is 0 Å². The number of methoxy groups -OCH3 is 1. The fourth-order valence-electron chi connectivity index (χ4n) is 1.59. The van der Waals surface area contributed by atoms with Crippen LogP contribution < -0.4 is 4.74 Å². The molecule has 0 spiro atoms. The monoisotopic (exact) mass is 227 g/mol. The number of hydrogen-bond acceptors (Lipinski definition) is 3. The van der Waals surface area contributed by atoms with Crippen LogP contribution in [0.25, 0.3) is 0 Å². The van der Waals surface area contributed by atoms with Crippen LogP contribution in [0.2, 0.25) is 0 Å². The van der Waals surface area contributed by atoms with E-state index in [2.05, 4.69) is 0 Å². The van der Waals surface area contributed by atoms with Crippen LogP contribution in [-0.4, -0.2) is 17.4 Å². The highest BCUT2D eigenvalue weighted by Gasteiger charge is 2.37. The van der Waals surface area contributed by atoms with E-state index in [-0.39, 0.29) is 22.7 Å². The lowest BCUT2D eigenvalue weighted by molar-refractivity contribution is -0.385. The van der Waals surface area contributed by atoms with Gasteiger partial charge in [0.15, 0.2) is 5.75 Å². The van der Waals surface area contributed by atoms with Gasteiger partial charge in [-0.15, -0.1) is 11.6 Å². The minimum Gasteiger partial charge on any atom is -0.490 e. The van der Waals surface area contributed by atoms with E-state index in [1.165, 1.54) is 7.11 Å². The highest BCUT2D eigenvalue weighted by Crippen LogP contribution is 2.46. The van der Waals surface area contributed by atoms with Gasteiger partial charge in [-0.1, -0.05) is 6.07 Å². The Bertz CT molecular complexity index is 408. The Morgan fingerprint density at radius 3 is 2.73 bits per heavy atom. The molecule has 2 atom stereocenters. The van der Waals surface area contributed by atoms with Crippen molar-refractivity contribution in [2.24, 2.45) is 0 Å². The summed E-state index contributed by atoms with van der Waals surface area (Å²) in [6.45, 7) is 0. The third kappa shape index (κ3) is 1.90. The first-order chi connectivity index (χ1) is 7.13. The van der Waals surface area contributed by atoms with Crippen LogP contribution in [0.5, 0.6) is 5.75 Å². The molecule has 0 amide bonds. The van der Waals surface area contributed by atoms with Crippen LogP contribution in [-0.2, 0) is 0 Å². The van der Waals surface area contributed by atoms with E-state index in [1.807, 2.05) is 6.07 Å². The van der Waals surface area contributed by atoms with Crippen LogP contribution in [0.4, 0.5) is 5.69 Å². The molecule has 0 unspecified atom stereocenters. The largest absolute Gasteiger partial charge is 0.490 e. The van der Waals surface area contributed by atoms with Crippen LogP contribution in [0, 0.1) is 10.1 Å². The second-order valence-corrected chi connectivity index (χ2v) is 4.11. The van der Waals surface area contributed by atoms with Crippen molar-refractivity contribution in [1.82, 2.24) is 0 Å². The number of nitro benzene ring substituents is 1. The van der Waals surface area contributed by atoms with Crippen LogP contribution in [0.15, 0.2) is 18.2 Å². The van der Waals surface area contributed by atoms with Gasteiger partial charge in [0.25, 0.3) is 0 Å². The number of nitro groups is 1. The van der Waals surface area contributed by atoms with Gasteiger partial charge < -0.3 is 4.74 Å². The Labute approximate surface area is 92.0 Å². The summed E-state index contributed by atoms with van der Waals surface area (Å²) in [7, 11) is 1.42. The third-order valence-corrected chi connectivity index (χ3v) is 3.02. The number of halogens is 1. The minimum atomic E-state index is -0.437. The lowest BCUT2D eigenvalue weighted by Gasteiger charge is -2.03. The van der Waals surface area contributed by atoms with Crippen molar-refractivity contribution in [1.29, 1.82) is 0 Å². The van der Waals surface area contributed by atoms with Crippen LogP contribution in [0.3, 0.4) is 0 Å². The second-order valence-electron chi connectivity index (χ2n) is 3.55. The summed E-state index contributed by atoms with van der Waals surface area (Å²) in [5.74, 6) is 0.548. The molecule has 0 saturated heterocycles. The molecule has 80 valence electrons. The van der Waals surface area contributed by atoms with Gasteiger partial charge in [0, 0.05) is 17.4 Å². The minimum absolute atomic E-state index is 0.00534. The first-order valence-electron chi connectivity index (χ1n) is 4.60. The molecule has 1 saturated carbocycles. The molecule has 15 heavy (non-hydrogen) atoms. The maximum atomic E-state index is 10.7. The van der Waals surface area contributed by atoms with Gasteiger partial charge in [0.05, 0.1) is 12.0 Å². The third-order valence-electron chi connectivity index (χ3n) is 2.54. The maximum absolute atomic E-state index is 10.7. The van der Waals surface area contributed by atoms with Gasteiger partial charge in [-0.2, -0.15) is 0 Å². The van der Waals surface area contributed by atoms with E-state index < -0.39 is 4.92 Å². The molecule has 0 bridgehead atoms. The Morgan fingerprint density at radius 2 is 2.27 bits per heavy atom. The molecular weight excluding hydrogens is 218 g/mol. The first-order valence-corrected chi connectivity index (χ1v) is 5.03. The molecule has 0 aromatic heterocycles. The van der Waals surface area contributed by atoms with Gasteiger partial charge in [0.1, 0.15) is 0 Å². The summed E-state index contributed by atoms with van der Waals surface area (Å²) in [5, 5.41) is 10.9. The van der Waals surface area contributed by atoms with Gasteiger partial charge in [-0.3, -0.25) is 10.1 Å². The molecule has 0 N–H and O–H groups in total. The SMILES string of the molecule is COc1ccc([C@H]2C[C@H]2Cl)cc1[N+](=O)[O-]. The van der Waals surface area contributed by atoms with Crippen LogP contribution in [0.1, 0.15) is 17.9 Å². The molecule has 1 aliphatic carbocycles. The molecule has 0 radical (unpaired) electrons. The quantitative estimate of drug-likeness (QED) is 0.453. The number of hydrogen-bond donors (Lipinski definition) is 0. The molecule has 0 heterocycles. The van der Waals surface area contributed by atoms with E-state index in [9.17, 15) is 10.1 Å². The van der Waals surface area contributed by atoms with E-state index >= 15 is 0 Å². The number of alkyl halides is 1. The van der Waals surface area contributed by atoms with Crippen molar-refractivity contribution in [2.45, 2.75) is 17.7 Å². The van der Waals surface area contributed by atoms with Crippen molar-refractivity contribution in [3.8, 4) is 5.75 Å². The molecule has 2 rings (SSSR count). The fraction of sp³-hybridized carbons (Fsp3) is 0.400. The highest BCUT2D eigenvalue weighted by molar-refractivity contribution is 6.23. The van der Waals surface area contributed by atoms with E-state index in [0.717, 1.165) is 12.0 Å². The van der Waals surface area contributed by atoms with Gasteiger partial charge in [-0.05, 0) is 18.1 Å². The number of benzene rings is 1.